The smallest absolute Gasteiger partial charge is 0.142 e. The van der Waals surface area contributed by atoms with E-state index in [0.29, 0.717) is 11.5 Å². The number of hydrazine groups is 1. The van der Waals surface area contributed by atoms with E-state index in [1.54, 1.807) is 18.9 Å². The van der Waals surface area contributed by atoms with Crippen molar-refractivity contribution >= 4 is 15.9 Å². The lowest BCUT2D eigenvalue weighted by Crippen LogP contribution is -2.30. The van der Waals surface area contributed by atoms with Crippen molar-refractivity contribution in [2.75, 3.05) is 14.2 Å². The first kappa shape index (κ1) is 15.8. The predicted octanol–water partition coefficient (Wildman–Crippen LogP) is 2.06. The third-order valence-electron chi connectivity index (χ3n) is 3.33. The van der Waals surface area contributed by atoms with Gasteiger partial charge in [-0.05, 0) is 41.1 Å². The van der Waals surface area contributed by atoms with Crippen molar-refractivity contribution in [1.29, 1.82) is 0 Å². The Morgan fingerprint density at radius 3 is 2.52 bits per heavy atom. The Morgan fingerprint density at radius 2 is 2.05 bits per heavy atom. The summed E-state index contributed by atoms with van der Waals surface area (Å²) in [6.45, 7) is 1.94. The highest BCUT2D eigenvalue weighted by Crippen LogP contribution is 2.41. The molecule has 0 fully saturated rings. The zero-order chi connectivity index (χ0) is 15.6. The molecule has 1 atom stereocenters. The van der Waals surface area contributed by atoms with Crippen LogP contribution in [0.2, 0.25) is 0 Å². The van der Waals surface area contributed by atoms with Crippen LogP contribution in [-0.4, -0.2) is 24.0 Å². The lowest BCUT2D eigenvalue weighted by atomic mass is 10.0. The van der Waals surface area contributed by atoms with Gasteiger partial charge in [-0.3, -0.25) is 10.5 Å². The topological polar surface area (TPSA) is 74.3 Å². The van der Waals surface area contributed by atoms with Crippen molar-refractivity contribution in [1.82, 2.24) is 15.2 Å². The summed E-state index contributed by atoms with van der Waals surface area (Å²) in [5.74, 6) is 7.14. The molecule has 0 saturated heterocycles. The second-order valence-electron chi connectivity index (χ2n) is 4.64. The number of ether oxygens (including phenoxy) is 2. The summed E-state index contributed by atoms with van der Waals surface area (Å²) in [6, 6.07) is 5.54. The Bertz CT molecular complexity index is 642. The Kier molecular flexibility index (Phi) is 4.87. The van der Waals surface area contributed by atoms with Crippen molar-refractivity contribution in [3.63, 3.8) is 0 Å². The predicted molar refractivity (Wildman–Crippen MR) is 84.4 cm³/mol. The maximum Gasteiger partial charge on any atom is 0.142 e. The molecule has 0 bridgehead atoms. The van der Waals surface area contributed by atoms with Crippen LogP contribution in [0.4, 0.5) is 0 Å². The SMILES string of the molecule is COc1ccc(C(NN)c2cc(C)nn2C)c(OC)c1Br. The average Bonchev–Trinajstić information content (AvgIpc) is 2.79. The maximum atomic E-state index is 5.77. The maximum absolute atomic E-state index is 5.77. The molecule has 6 nitrogen and oxygen atoms in total. The normalized spacial score (nSPS) is 12.3. The molecule has 0 aliphatic rings. The first-order chi connectivity index (χ1) is 10.0. The average molecular weight is 355 g/mol. The summed E-state index contributed by atoms with van der Waals surface area (Å²) < 4.78 is 13.4. The second-order valence-corrected chi connectivity index (χ2v) is 5.43. The van der Waals surface area contributed by atoms with Crippen LogP contribution in [-0.2, 0) is 7.05 Å². The fourth-order valence-corrected chi connectivity index (χ4v) is 3.07. The molecule has 0 radical (unpaired) electrons. The van der Waals surface area contributed by atoms with Gasteiger partial charge in [-0.15, -0.1) is 0 Å². The number of nitrogens with zero attached hydrogens (tertiary/aromatic N) is 2. The standard InChI is InChI=1S/C14H19BrN4O2/c1-8-7-10(19(2)18-8)13(17-16)9-5-6-11(20-3)12(15)14(9)21-4/h5-7,13,17H,16H2,1-4H3. The van der Waals surface area contributed by atoms with E-state index in [2.05, 4.69) is 26.5 Å². The van der Waals surface area contributed by atoms with Crippen LogP contribution in [0.5, 0.6) is 11.5 Å². The van der Waals surface area contributed by atoms with Gasteiger partial charge in [-0.2, -0.15) is 5.10 Å². The molecule has 3 N–H and O–H groups in total. The lowest BCUT2D eigenvalue weighted by Gasteiger charge is -2.21. The van der Waals surface area contributed by atoms with Crippen molar-refractivity contribution in [2.24, 2.45) is 12.9 Å². The molecule has 0 amide bonds. The third kappa shape index (κ3) is 2.90. The number of rotatable bonds is 5. The highest BCUT2D eigenvalue weighted by Gasteiger charge is 2.23. The molecule has 1 unspecified atom stereocenters. The number of aryl methyl sites for hydroxylation is 2. The molecule has 21 heavy (non-hydrogen) atoms. The fraction of sp³-hybridized carbons (Fsp3) is 0.357. The number of methoxy groups -OCH3 is 2. The number of aromatic nitrogens is 2. The largest absolute Gasteiger partial charge is 0.495 e. The van der Waals surface area contributed by atoms with Gasteiger partial charge in [0, 0.05) is 12.6 Å². The summed E-state index contributed by atoms with van der Waals surface area (Å²) in [7, 11) is 5.12. The molecule has 0 spiro atoms. The highest BCUT2D eigenvalue weighted by atomic mass is 79.9. The molecule has 0 aliphatic heterocycles. The monoisotopic (exact) mass is 354 g/mol. The van der Waals surface area contributed by atoms with E-state index >= 15 is 0 Å². The minimum atomic E-state index is -0.242. The van der Waals surface area contributed by atoms with Crippen LogP contribution in [0.1, 0.15) is 23.0 Å². The Hall–Kier alpha value is -1.57. The van der Waals surface area contributed by atoms with E-state index in [9.17, 15) is 0 Å². The Labute approximate surface area is 132 Å². The van der Waals surface area contributed by atoms with Crippen molar-refractivity contribution in [2.45, 2.75) is 13.0 Å². The summed E-state index contributed by atoms with van der Waals surface area (Å²) >= 11 is 3.51. The van der Waals surface area contributed by atoms with Gasteiger partial charge in [0.2, 0.25) is 0 Å². The number of nitrogens with one attached hydrogen (secondary N) is 1. The zero-order valence-corrected chi connectivity index (χ0v) is 14.1. The minimum Gasteiger partial charge on any atom is -0.495 e. The molecule has 2 aromatic rings. The molecule has 1 heterocycles. The van der Waals surface area contributed by atoms with Crippen LogP contribution in [0.15, 0.2) is 22.7 Å². The second kappa shape index (κ2) is 6.46. The molecule has 114 valence electrons. The first-order valence-electron chi connectivity index (χ1n) is 6.40. The van der Waals surface area contributed by atoms with Gasteiger partial charge in [0.1, 0.15) is 16.0 Å². The summed E-state index contributed by atoms with van der Waals surface area (Å²) in [6.07, 6.45) is 0. The highest BCUT2D eigenvalue weighted by molar-refractivity contribution is 9.10. The molecule has 7 heteroatoms. The molecule has 0 saturated carbocycles. The molecule has 2 rings (SSSR count). The van der Waals surface area contributed by atoms with Gasteiger partial charge < -0.3 is 9.47 Å². The third-order valence-corrected chi connectivity index (χ3v) is 4.08. The van der Waals surface area contributed by atoms with E-state index in [0.717, 1.165) is 21.4 Å². The number of hydrogen-bond acceptors (Lipinski definition) is 5. The number of halogens is 1. The molecule has 1 aromatic heterocycles. The van der Waals surface area contributed by atoms with Gasteiger partial charge >= 0.3 is 0 Å². The molecular weight excluding hydrogens is 336 g/mol. The molecular formula is C14H19BrN4O2. The quantitative estimate of drug-likeness (QED) is 0.634. The molecule has 0 aliphatic carbocycles. The van der Waals surface area contributed by atoms with Gasteiger partial charge in [0.05, 0.1) is 31.6 Å². The van der Waals surface area contributed by atoms with Crippen LogP contribution < -0.4 is 20.7 Å². The van der Waals surface area contributed by atoms with Crippen molar-refractivity contribution < 1.29 is 9.47 Å². The van der Waals surface area contributed by atoms with E-state index in [4.69, 9.17) is 15.3 Å². The van der Waals surface area contributed by atoms with Crippen molar-refractivity contribution in [3.8, 4) is 11.5 Å². The Morgan fingerprint density at radius 1 is 1.33 bits per heavy atom. The van der Waals surface area contributed by atoms with Crippen LogP contribution in [0, 0.1) is 6.92 Å². The minimum absolute atomic E-state index is 0.242. The first-order valence-corrected chi connectivity index (χ1v) is 7.19. The fourth-order valence-electron chi connectivity index (χ4n) is 2.38. The number of nitrogens with two attached hydrogens (primary N) is 1. The van der Waals surface area contributed by atoms with Gasteiger partial charge in [0.25, 0.3) is 0 Å². The van der Waals surface area contributed by atoms with E-state index in [1.165, 1.54) is 0 Å². The summed E-state index contributed by atoms with van der Waals surface area (Å²) in [4.78, 5) is 0. The van der Waals surface area contributed by atoms with E-state index in [1.807, 2.05) is 32.2 Å². The molecule has 1 aromatic carbocycles. The van der Waals surface area contributed by atoms with Gasteiger partial charge in [-0.25, -0.2) is 5.43 Å². The van der Waals surface area contributed by atoms with E-state index in [-0.39, 0.29) is 6.04 Å². The van der Waals surface area contributed by atoms with Crippen LogP contribution in [0.25, 0.3) is 0 Å². The van der Waals surface area contributed by atoms with Crippen molar-refractivity contribution in [3.05, 3.63) is 39.6 Å². The van der Waals surface area contributed by atoms with Crippen LogP contribution in [0.3, 0.4) is 0 Å². The lowest BCUT2D eigenvalue weighted by molar-refractivity contribution is 0.382. The summed E-state index contributed by atoms with van der Waals surface area (Å²) in [5, 5.41) is 4.36. The number of benzene rings is 1. The summed E-state index contributed by atoms with van der Waals surface area (Å²) in [5.41, 5.74) is 5.60. The van der Waals surface area contributed by atoms with E-state index < -0.39 is 0 Å². The van der Waals surface area contributed by atoms with Crippen LogP contribution >= 0.6 is 15.9 Å². The number of hydrogen-bond donors (Lipinski definition) is 2. The zero-order valence-electron chi connectivity index (χ0n) is 12.5. The Balaban J connectivity index is 2.57. The van der Waals surface area contributed by atoms with Gasteiger partial charge in [0.15, 0.2) is 0 Å². The van der Waals surface area contributed by atoms with Gasteiger partial charge in [-0.1, -0.05) is 0 Å².